The highest BCUT2D eigenvalue weighted by molar-refractivity contribution is 6.30. The van der Waals surface area contributed by atoms with Crippen molar-refractivity contribution in [3.05, 3.63) is 53.3 Å². The predicted molar refractivity (Wildman–Crippen MR) is 82.5 cm³/mol. The number of aryl methyl sites for hydroxylation is 1. The van der Waals surface area contributed by atoms with Crippen LogP contribution in [0.3, 0.4) is 0 Å². The molecule has 3 aromatic rings. The van der Waals surface area contributed by atoms with E-state index >= 15 is 0 Å². The van der Waals surface area contributed by atoms with Crippen LogP contribution in [-0.4, -0.2) is 41.7 Å². The number of halogens is 1. The van der Waals surface area contributed by atoms with E-state index in [-0.39, 0.29) is 0 Å². The number of aromatic nitrogens is 6. The zero-order chi connectivity index (χ0) is 15.5. The highest BCUT2D eigenvalue weighted by Crippen LogP contribution is 2.13. The molecule has 0 radical (unpaired) electrons. The van der Waals surface area contributed by atoms with Crippen LogP contribution in [0.25, 0.3) is 5.69 Å². The van der Waals surface area contributed by atoms with Gasteiger partial charge in [0, 0.05) is 18.6 Å². The molecule has 0 aliphatic carbocycles. The van der Waals surface area contributed by atoms with Crippen LogP contribution >= 0.6 is 11.6 Å². The zero-order valence-electron chi connectivity index (χ0n) is 12.4. The van der Waals surface area contributed by atoms with Crippen molar-refractivity contribution in [3.8, 4) is 5.69 Å². The summed E-state index contributed by atoms with van der Waals surface area (Å²) in [6, 6.07) is 7.48. The minimum Gasteiger partial charge on any atom is -0.293 e. The first-order valence-electron chi connectivity index (χ1n) is 6.80. The summed E-state index contributed by atoms with van der Waals surface area (Å²) < 4.78 is 3.50. The first kappa shape index (κ1) is 14.7. The van der Waals surface area contributed by atoms with Gasteiger partial charge in [0.15, 0.2) is 0 Å². The van der Waals surface area contributed by atoms with E-state index in [9.17, 15) is 0 Å². The lowest BCUT2D eigenvalue weighted by molar-refractivity contribution is 0.301. The SMILES string of the molecule is CN(Cc1cn(-c2ccc(Cl)cc2)nn1)Cc1ncnn1C. The number of benzene rings is 1. The van der Waals surface area contributed by atoms with Crippen molar-refractivity contribution in [2.75, 3.05) is 7.05 Å². The largest absolute Gasteiger partial charge is 0.293 e. The van der Waals surface area contributed by atoms with Gasteiger partial charge >= 0.3 is 0 Å². The quantitative estimate of drug-likeness (QED) is 0.716. The molecular weight excluding hydrogens is 302 g/mol. The fourth-order valence-corrected chi connectivity index (χ4v) is 2.25. The second-order valence-electron chi connectivity index (χ2n) is 5.10. The van der Waals surface area contributed by atoms with Gasteiger partial charge in [-0.15, -0.1) is 5.10 Å². The topological polar surface area (TPSA) is 64.7 Å². The second kappa shape index (κ2) is 6.25. The molecular formula is C14H16ClN7. The van der Waals surface area contributed by atoms with Crippen molar-refractivity contribution in [2.24, 2.45) is 7.05 Å². The molecule has 114 valence electrons. The Kier molecular flexibility index (Phi) is 4.17. The third kappa shape index (κ3) is 3.32. The molecule has 0 aliphatic heterocycles. The Morgan fingerprint density at radius 3 is 2.64 bits per heavy atom. The Hall–Kier alpha value is -2.25. The van der Waals surface area contributed by atoms with Crippen LogP contribution in [0.2, 0.25) is 5.02 Å². The van der Waals surface area contributed by atoms with E-state index in [1.54, 1.807) is 15.7 Å². The van der Waals surface area contributed by atoms with Crippen LogP contribution < -0.4 is 0 Å². The molecule has 1 aromatic carbocycles. The van der Waals surface area contributed by atoms with Crippen LogP contribution in [-0.2, 0) is 20.1 Å². The summed E-state index contributed by atoms with van der Waals surface area (Å²) in [7, 11) is 3.89. The molecule has 22 heavy (non-hydrogen) atoms. The number of rotatable bonds is 5. The molecule has 7 nitrogen and oxygen atoms in total. The molecule has 0 N–H and O–H groups in total. The van der Waals surface area contributed by atoms with Crippen molar-refractivity contribution in [3.63, 3.8) is 0 Å². The molecule has 0 saturated carbocycles. The maximum absolute atomic E-state index is 5.89. The van der Waals surface area contributed by atoms with Gasteiger partial charge in [-0.05, 0) is 31.3 Å². The summed E-state index contributed by atoms with van der Waals surface area (Å²) in [5.74, 6) is 0.910. The van der Waals surface area contributed by atoms with Gasteiger partial charge in [0.1, 0.15) is 12.2 Å². The predicted octanol–water partition coefficient (Wildman–Crippen LogP) is 1.68. The molecule has 0 saturated heterocycles. The normalized spacial score (nSPS) is 11.3. The summed E-state index contributed by atoms with van der Waals surface area (Å²) >= 11 is 5.89. The summed E-state index contributed by atoms with van der Waals surface area (Å²) in [6.45, 7) is 1.38. The molecule has 0 unspecified atom stereocenters. The standard InChI is InChI=1S/C14H16ClN7/c1-20(9-14-16-10-17-21(14)2)7-12-8-22(19-18-12)13-5-3-11(15)4-6-13/h3-6,8,10H,7,9H2,1-2H3. The van der Waals surface area contributed by atoms with Gasteiger partial charge in [-0.2, -0.15) is 5.10 Å². The van der Waals surface area contributed by atoms with E-state index in [1.165, 1.54) is 0 Å². The Bertz CT molecular complexity index is 747. The lowest BCUT2D eigenvalue weighted by atomic mass is 10.3. The van der Waals surface area contributed by atoms with E-state index in [0.717, 1.165) is 17.2 Å². The van der Waals surface area contributed by atoms with Crippen LogP contribution in [0.4, 0.5) is 0 Å². The van der Waals surface area contributed by atoms with Gasteiger partial charge in [0.2, 0.25) is 0 Å². The summed E-state index contributed by atoms with van der Waals surface area (Å²) in [5, 5.41) is 13.1. The maximum Gasteiger partial charge on any atom is 0.140 e. The lowest BCUT2D eigenvalue weighted by Gasteiger charge is -2.13. The number of nitrogens with zero attached hydrogens (tertiary/aromatic N) is 7. The Morgan fingerprint density at radius 1 is 1.18 bits per heavy atom. The summed E-state index contributed by atoms with van der Waals surface area (Å²) in [4.78, 5) is 6.33. The highest BCUT2D eigenvalue weighted by Gasteiger charge is 2.09. The Balaban J connectivity index is 1.66. The highest BCUT2D eigenvalue weighted by atomic mass is 35.5. The molecule has 0 spiro atoms. The van der Waals surface area contributed by atoms with Crippen molar-refractivity contribution in [1.29, 1.82) is 0 Å². The van der Waals surface area contributed by atoms with Gasteiger partial charge in [-0.1, -0.05) is 16.8 Å². The van der Waals surface area contributed by atoms with Crippen molar-refractivity contribution < 1.29 is 0 Å². The van der Waals surface area contributed by atoms with Crippen LogP contribution in [0, 0.1) is 0 Å². The molecule has 0 amide bonds. The van der Waals surface area contributed by atoms with E-state index in [1.807, 2.05) is 44.6 Å². The van der Waals surface area contributed by atoms with E-state index in [4.69, 9.17) is 11.6 Å². The smallest absolute Gasteiger partial charge is 0.140 e. The van der Waals surface area contributed by atoms with Crippen molar-refractivity contribution in [2.45, 2.75) is 13.1 Å². The summed E-state index contributed by atoms with van der Waals surface area (Å²) in [6.07, 6.45) is 3.47. The van der Waals surface area contributed by atoms with E-state index in [2.05, 4.69) is 25.3 Å². The maximum atomic E-state index is 5.89. The zero-order valence-corrected chi connectivity index (χ0v) is 13.1. The molecule has 2 aromatic heterocycles. The molecule has 0 aliphatic rings. The van der Waals surface area contributed by atoms with Crippen LogP contribution in [0.5, 0.6) is 0 Å². The fourth-order valence-electron chi connectivity index (χ4n) is 2.13. The molecule has 0 atom stereocenters. The van der Waals surface area contributed by atoms with Gasteiger partial charge < -0.3 is 0 Å². The molecule has 0 bridgehead atoms. The minimum absolute atomic E-state index is 0.681. The van der Waals surface area contributed by atoms with Gasteiger partial charge in [-0.3, -0.25) is 9.58 Å². The van der Waals surface area contributed by atoms with Crippen LogP contribution in [0.1, 0.15) is 11.5 Å². The van der Waals surface area contributed by atoms with Crippen molar-refractivity contribution >= 4 is 11.6 Å². The third-order valence-corrected chi connectivity index (χ3v) is 3.53. The number of hydrogen-bond acceptors (Lipinski definition) is 5. The first-order chi connectivity index (χ1) is 10.6. The average Bonchev–Trinajstić information content (AvgIpc) is 3.10. The van der Waals surface area contributed by atoms with Gasteiger partial charge in [0.25, 0.3) is 0 Å². The Morgan fingerprint density at radius 2 is 1.95 bits per heavy atom. The molecule has 0 fully saturated rings. The number of hydrogen-bond donors (Lipinski definition) is 0. The fraction of sp³-hybridized carbons (Fsp3) is 0.286. The molecule has 2 heterocycles. The average molecular weight is 318 g/mol. The van der Waals surface area contributed by atoms with Gasteiger partial charge in [-0.25, -0.2) is 9.67 Å². The monoisotopic (exact) mass is 317 g/mol. The Labute approximate surface area is 133 Å². The molecule has 8 heteroatoms. The lowest BCUT2D eigenvalue weighted by Crippen LogP contribution is -2.20. The first-order valence-corrected chi connectivity index (χ1v) is 7.18. The third-order valence-electron chi connectivity index (χ3n) is 3.28. The minimum atomic E-state index is 0.681. The molecule has 3 rings (SSSR count). The second-order valence-corrected chi connectivity index (χ2v) is 5.54. The summed E-state index contributed by atoms with van der Waals surface area (Å²) in [5.41, 5.74) is 1.82. The van der Waals surface area contributed by atoms with E-state index in [0.29, 0.717) is 18.1 Å². The van der Waals surface area contributed by atoms with E-state index < -0.39 is 0 Å². The van der Waals surface area contributed by atoms with Gasteiger partial charge in [0.05, 0.1) is 24.1 Å². The van der Waals surface area contributed by atoms with Crippen molar-refractivity contribution in [1.82, 2.24) is 34.7 Å². The van der Waals surface area contributed by atoms with Crippen LogP contribution in [0.15, 0.2) is 36.8 Å².